The van der Waals surface area contributed by atoms with Gasteiger partial charge >= 0.3 is 0 Å². The largest absolute Gasteiger partial charge is 0.383 e. The lowest BCUT2D eigenvalue weighted by atomic mass is 9.85. The van der Waals surface area contributed by atoms with Crippen LogP contribution in [0, 0.1) is 5.41 Å². The highest BCUT2D eigenvalue weighted by atomic mass is 16.7. The summed E-state index contributed by atoms with van der Waals surface area (Å²) in [7, 11) is 0. The smallest absolute Gasteiger partial charge is 0.253 e. The predicted molar refractivity (Wildman–Crippen MR) is 97.4 cm³/mol. The lowest BCUT2D eigenvalue weighted by Crippen LogP contribution is -2.56. The van der Waals surface area contributed by atoms with E-state index < -0.39 is 29.3 Å². The van der Waals surface area contributed by atoms with Gasteiger partial charge in [0.05, 0.1) is 6.61 Å². The number of nitrogens with one attached hydrogen (secondary N) is 2. The molecule has 1 saturated heterocycles. The summed E-state index contributed by atoms with van der Waals surface area (Å²) in [5.74, 6) is -1.61. The van der Waals surface area contributed by atoms with E-state index in [1.807, 2.05) is 19.9 Å². The molecule has 26 heavy (non-hydrogen) atoms. The van der Waals surface area contributed by atoms with Crippen molar-refractivity contribution >= 4 is 17.5 Å². The fourth-order valence-electron chi connectivity index (χ4n) is 2.62. The number of ether oxygens (including phenoxy) is 2. The van der Waals surface area contributed by atoms with E-state index in [0.29, 0.717) is 12.3 Å². The van der Waals surface area contributed by atoms with Gasteiger partial charge in [-0.05, 0) is 32.4 Å². The minimum atomic E-state index is -1.21. The zero-order valence-corrected chi connectivity index (χ0v) is 15.7. The van der Waals surface area contributed by atoms with Crippen LogP contribution < -0.4 is 10.6 Å². The Hall–Kier alpha value is -1.96. The summed E-state index contributed by atoms with van der Waals surface area (Å²) in [6.45, 7) is 7.89. The van der Waals surface area contributed by atoms with Crippen molar-refractivity contribution in [2.75, 3.05) is 18.5 Å². The number of carbonyl (C=O) groups is 2. The van der Waals surface area contributed by atoms with Crippen LogP contribution in [-0.4, -0.2) is 48.1 Å². The normalized spacial score (nSPS) is 22.3. The molecule has 1 fully saturated rings. The van der Waals surface area contributed by atoms with E-state index in [0.717, 1.165) is 0 Å². The Morgan fingerprint density at radius 2 is 1.88 bits per heavy atom. The molecular formula is C19H28N2O5. The van der Waals surface area contributed by atoms with E-state index in [-0.39, 0.29) is 18.9 Å². The van der Waals surface area contributed by atoms with E-state index in [1.165, 1.54) is 0 Å². The molecule has 1 aliphatic rings. The summed E-state index contributed by atoms with van der Waals surface area (Å²) in [6, 6.07) is 8.89. The number of anilines is 1. The van der Waals surface area contributed by atoms with E-state index >= 15 is 0 Å². The van der Waals surface area contributed by atoms with Gasteiger partial charge in [-0.2, -0.15) is 0 Å². The molecule has 2 rings (SSSR count). The molecule has 0 unspecified atom stereocenters. The highest BCUT2D eigenvalue weighted by Crippen LogP contribution is 2.34. The van der Waals surface area contributed by atoms with Gasteiger partial charge in [0.15, 0.2) is 5.79 Å². The maximum absolute atomic E-state index is 12.5. The van der Waals surface area contributed by atoms with Crippen LogP contribution in [0.3, 0.4) is 0 Å². The third-order valence-electron chi connectivity index (χ3n) is 4.20. The summed E-state index contributed by atoms with van der Waals surface area (Å²) < 4.78 is 11.4. The van der Waals surface area contributed by atoms with Gasteiger partial charge in [-0.1, -0.05) is 32.0 Å². The number of aliphatic hydroxyl groups is 1. The summed E-state index contributed by atoms with van der Waals surface area (Å²) in [5.41, 5.74) is 0.142. The monoisotopic (exact) mass is 364 g/mol. The Morgan fingerprint density at radius 1 is 1.23 bits per heavy atom. The van der Waals surface area contributed by atoms with E-state index in [1.54, 1.807) is 38.1 Å². The predicted octanol–water partition coefficient (Wildman–Crippen LogP) is 1.67. The molecule has 1 aliphatic heterocycles. The molecule has 2 amide bonds. The summed E-state index contributed by atoms with van der Waals surface area (Å²) in [6.07, 6.45) is -1.77. The van der Waals surface area contributed by atoms with E-state index in [4.69, 9.17) is 9.47 Å². The molecule has 3 N–H and O–H groups in total. The lowest BCUT2D eigenvalue weighted by Gasteiger charge is -2.44. The van der Waals surface area contributed by atoms with Crippen molar-refractivity contribution in [3.05, 3.63) is 30.3 Å². The van der Waals surface area contributed by atoms with Crippen molar-refractivity contribution < 1.29 is 24.2 Å². The standard InChI is InChI=1S/C19H28N2O5/c1-18(2)12-25-19(3,4)26-15(18)17(24)20-11-10-14(22)16(23)21-13-8-6-5-7-9-13/h5-9,14-15,22H,10-12H2,1-4H3,(H,20,24)(H,21,23)/t14-,15+/m1/s1. The average Bonchev–Trinajstić information content (AvgIpc) is 2.58. The number of hydrogen-bond acceptors (Lipinski definition) is 5. The highest BCUT2D eigenvalue weighted by Gasteiger charge is 2.45. The first kappa shape index (κ1) is 20.4. The maximum Gasteiger partial charge on any atom is 0.253 e. The van der Waals surface area contributed by atoms with Crippen LogP contribution in [0.15, 0.2) is 30.3 Å². The zero-order chi connectivity index (χ0) is 19.4. The minimum Gasteiger partial charge on any atom is -0.383 e. The quantitative estimate of drug-likeness (QED) is 0.713. The SMILES string of the molecule is CC1(C)OCC(C)(C)[C@H](C(=O)NCC[C@@H](O)C(=O)Nc2ccccc2)O1. The van der Waals surface area contributed by atoms with Crippen LogP contribution >= 0.6 is 0 Å². The van der Waals surface area contributed by atoms with Gasteiger partial charge in [-0.3, -0.25) is 9.59 Å². The van der Waals surface area contributed by atoms with Gasteiger partial charge in [0.1, 0.15) is 12.2 Å². The molecule has 7 heteroatoms. The van der Waals surface area contributed by atoms with Gasteiger partial charge in [0.25, 0.3) is 5.91 Å². The number of hydrogen-bond donors (Lipinski definition) is 3. The Morgan fingerprint density at radius 3 is 2.54 bits per heavy atom. The fraction of sp³-hybridized carbons (Fsp3) is 0.579. The van der Waals surface area contributed by atoms with Gasteiger partial charge in [0.2, 0.25) is 5.91 Å². The van der Waals surface area contributed by atoms with Crippen LogP contribution in [0.2, 0.25) is 0 Å². The van der Waals surface area contributed by atoms with Gasteiger partial charge in [-0.15, -0.1) is 0 Å². The lowest BCUT2D eigenvalue weighted by molar-refractivity contribution is -0.304. The van der Waals surface area contributed by atoms with Crippen molar-refractivity contribution in [1.82, 2.24) is 5.32 Å². The van der Waals surface area contributed by atoms with Crippen molar-refractivity contribution in [1.29, 1.82) is 0 Å². The van der Waals surface area contributed by atoms with Gasteiger partial charge in [0, 0.05) is 17.6 Å². The summed E-state index contributed by atoms with van der Waals surface area (Å²) in [4.78, 5) is 24.4. The second kappa shape index (κ2) is 8.16. The van der Waals surface area contributed by atoms with Crippen LogP contribution in [0.4, 0.5) is 5.69 Å². The zero-order valence-electron chi connectivity index (χ0n) is 15.7. The minimum absolute atomic E-state index is 0.109. The molecule has 0 aliphatic carbocycles. The number of para-hydroxylation sites is 1. The third-order valence-corrected chi connectivity index (χ3v) is 4.20. The number of aliphatic hydroxyl groups excluding tert-OH is 1. The Labute approximate surface area is 154 Å². The molecule has 0 aromatic heterocycles. The Bertz CT molecular complexity index is 630. The van der Waals surface area contributed by atoms with E-state index in [2.05, 4.69) is 10.6 Å². The number of benzene rings is 1. The first-order valence-corrected chi connectivity index (χ1v) is 8.74. The fourth-order valence-corrected chi connectivity index (χ4v) is 2.62. The molecule has 1 aromatic carbocycles. The van der Waals surface area contributed by atoms with Crippen molar-refractivity contribution in [3.63, 3.8) is 0 Å². The average molecular weight is 364 g/mol. The number of amides is 2. The Kier molecular flexibility index (Phi) is 6.39. The van der Waals surface area contributed by atoms with Crippen molar-refractivity contribution in [2.45, 2.75) is 52.1 Å². The van der Waals surface area contributed by atoms with Crippen LogP contribution in [0.1, 0.15) is 34.1 Å². The molecule has 2 atom stereocenters. The molecule has 0 spiro atoms. The molecule has 7 nitrogen and oxygen atoms in total. The maximum atomic E-state index is 12.5. The highest BCUT2D eigenvalue weighted by molar-refractivity contribution is 5.93. The van der Waals surface area contributed by atoms with Crippen molar-refractivity contribution in [3.8, 4) is 0 Å². The third kappa shape index (κ3) is 5.52. The second-order valence-corrected chi connectivity index (χ2v) is 7.63. The van der Waals surface area contributed by atoms with Crippen molar-refractivity contribution in [2.24, 2.45) is 5.41 Å². The molecule has 144 valence electrons. The topological polar surface area (TPSA) is 96.9 Å². The Balaban J connectivity index is 1.80. The summed E-state index contributed by atoms with van der Waals surface area (Å²) in [5, 5.41) is 15.3. The molecule has 0 saturated carbocycles. The summed E-state index contributed by atoms with van der Waals surface area (Å²) >= 11 is 0. The number of carbonyl (C=O) groups excluding carboxylic acids is 2. The van der Waals surface area contributed by atoms with Crippen LogP contribution in [0.25, 0.3) is 0 Å². The van der Waals surface area contributed by atoms with Gasteiger partial charge in [-0.25, -0.2) is 0 Å². The van der Waals surface area contributed by atoms with Crippen LogP contribution in [-0.2, 0) is 19.1 Å². The molecule has 1 heterocycles. The number of rotatable bonds is 6. The second-order valence-electron chi connectivity index (χ2n) is 7.63. The first-order valence-electron chi connectivity index (χ1n) is 8.74. The van der Waals surface area contributed by atoms with Crippen LogP contribution in [0.5, 0.6) is 0 Å². The van der Waals surface area contributed by atoms with E-state index in [9.17, 15) is 14.7 Å². The molecular weight excluding hydrogens is 336 g/mol. The molecule has 0 radical (unpaired) electrons. The molecule has 1 aromatic rings. The first-order chi connectivity index (χ1) is 12.1. The molecule has 0 bridgehead atoms. The van der Waals surface area contributed by atoms with Gasteiger partial charge < -0.3 is 25.2 Å².